The van der Waals surface area contributed by atoms with E-state index >= 15 is 0 Å². The number of nitrogens with zero attached hydrogens (tertiary/aromatic N) is 1. The molecule has 2 nitrogen and oxygen atoms in total. The first-order valence-electron chi connectivity index (χ1n) is 7.50. The zero-order valence-corrected chi connectivity index (χ0v) is 12.7. The summed E-state index contributed by atoms with van der Waals surface area (Å²) in [6.07, 6.45) is 6.06. The Morgan fingerprint density at radius 2 is 2.05 bits per heavy atom. The highest BCUT2D eigenvalue weighted by atomic mass is 14.9. The van der Waals surface area contributed by atoms with Crippen molar-refractivity contribution >= 4 is 0 Å². The number of aryl methyl sites for hydroxylation is 1. The SMILES string of the molecule is CCCNC(CC)c1cccc(-c2ccncc2C)c1. The van der Waals surface area contributed by atoms with Crippen LogP contribution < -0.4 is 5.32 Å². The van der Waals surface area contributed by atoms with E-state index < -0.39 is 0 Å². The van der Waals surface area contributed by atoms with E-state index in [1.54, 1.807) is 0 Å². The van der Waals surface area contributed by atoms with Crippen molar-refractivity contribution in [2.75, 3.05) is 6.54 Å². The lowest BCUT2D eigenvalue weighted by molar-refractivity contribution is 0.518. The molecule has 0 aliphatic rings. The van der Waals surface area contributed by atoms with Crippen LogP contribution in [-0.4, -0.2) is 11.5 Å². The molecule has 1 aromatic carbocycles. The number of hydrogen-bond donors (Lipinski definition) is 1. The van der Waals surface area contributed by atoms with E-state index in [1.807, 2.05) is 12.4 Å². The zero-order chi connectivity index (χ0) is 14.4. The zero-order valence-electron chi connectivity index (χ0n) is 12.7. The Morgan fingerprint density at radius 3 is 2.75 bits per heavy atom. The smallest absolute Gasteiger partial charge is 0.0317 e. The molecule has 0 radical (unpaired) electrons. The Hall–Kier alpha value is -1.67. The quantitative estimate of drug-likeness (QED) is 0.834. The number of pyridine rings is 1. The van der Waals surface area contributed by atoms with Crippen LogP contribution >= 0.6 is 0 Å². The summed E-state index contributed by atoms with van der Waals surface area (Å²) in [6.45, 7) is 7.62. The third-order valence-electron chi connectivity index (χ3n) is 3.67. The highest BCUT2D eigenvalue weighted by molar-refractivity contribution is 5.67. The van der Waals surface area contributed by atoms with Crippen LogP contribution in [-0.2, 0) is 0 Å². The van der Waals surface area contributed by atoms with Crippen molar-refractivity contribution in [3.63, 3.8) is 0 Å². The molecule has 0 aliphatic carbocycles. The molecular weight excluding hydrogens is 244 g/mol. The van der Waals surface area contributed by atoms with Crippen LogP contribution in [0.5, 0.6) is 0 Å². The largest absolute Gasteiger partial charge is 0.310 e. The summed E-state index contributed by atoms with van der Waals surface area (Å²) < 4.78 is 0. The second kappa shape index (κ2) is 7.20. The molecule has 0 saturated heterocycles. The van der Waals surface area contributed by atoms with E-state index in [-0.39, 0.29) is 0 Å². The number of aromatic nitrogens is 1. The number of nitrogens with one attached hydrogen (secondary N) is 1. The van der Waals surface area contributed by atoms with Crippen LogP contribution in [0.3, 0.4) is 0 Å². The molecule has 20 heavy (non-hydrogen) atoms. The predicted octanol–water partition coefficient (Wildman–Crippen LogP) is 4.51. The topological polar surface area (TPSA) is 24.9 Å². The van der Waals surface area contributed by atoms with Gasteiger partial charge in [0.2, 0.25) is 0 Å². The van der Waals surface area contributed by atoms with Gasteiger partial charge in [0.05, 0.1) is 0 Å². The summed E-state index contributed by atoms with van der Waals surface area (Å²) in [6, 6.07) is 11.4. The van der Waals surface area contributed by atoms with Crippen molar-refractivity contribution in [2.24, 2.45) is 0 Å². The monoisotopic (exact) mass is 268 g/mol. The number of hydrogen-bond acceptors (Lipinski definition) is 2. The van der Waals surface area contributed by atoms with Gasteiger partial charge in [-0.3, -0.25) is 4.98 Å². The van der Waals surface area contributed by atoms with Crippen LogP contribution in [0.15, 0.2) is 42.7 Å². The van der Waals surface area contributed by atoms with E-state index in [0.29, 0.717) is 6.04 Å². The number of rotatable bonds is 6. The van der Waals surface area contributed by atoms with E-state index in [0.717, 1.165) is 13.0 Å². The standard InChI is InChI=1S/C18H24N2/c1-4-10-20-18(5-2)16-8-6-7-15(12-16)17-9-11-19-13-14(17)3/h6-9,11-13,18,20H,4-5,10H2,1-3H3. The molecule has 2 rings (SSSR count). The predicted molar refractivity (Wildman–Crippen MR) is 85.7 cm³/mol. The van der Waals surface area contributed by atoms with Crippen LogP contribution in [0, 0.1) is 6.92 Å². The molecular formula is C18H24N2. The Labute approximate surface area is 122 Å². The van der Waals surface area contributed by atoms with Gasteiger partial charge < -0.3 is 5.32 Å². The second-order valence-corrected chi connectivity index (χ2v) is 5.23. The first kappa shape index (κ1) is 14.7. The van der Waals surface area contributed by atoms with Gasteiger partial charge in [-0.1, -0.05) is 32.0 Å². The molecule has 1 N–H and O–H groups in total. The van der Waals surface area contributed by atoms with Gasteiger partial charge in [0.15, 0.2) is 0 Å². The Bertz CT molecular complexity index is 549. The van der Waals surface area contributed by atoms with Gasteiger partial charge in [0.1, 0.15) is 0 Å². The second-order valence-electron chi connectivity index (χ2n) is 5.23. The fourth-order valence-corrected chi connectivity index (χ4v) is 2.54. The van der Waals surface area contributed by atoms with Crippen molar-refractivity contribution < 1.29 is 0 Å². The van der Waals surface area contributed by atoms with Gasteiger partial charge in [0.25, 0.3) is 0 Å². The van der Waals surface area contributed by atoms with E-state index in [9.17, 15) is 0 Å². The minimum Gasteiger partial charge on any atom is -0.310 e. The molecule has 2 aromatic rings. The van der Waals surface area contributed by atoms with Crippen molar-refractivity contribution in [1.29, 1.82) is 0 Å². The Kier molecular flexibility index (Phi) is 5.31. The average molecular weight is 268 g/mol. The normalized spacial score (nSPS) is 12.3. The Morgan fingerprint density at radius 1 is 1.20 bits per heavy atom. The van der Waals surface area contributed by atoms with Gasteiger partial charge in [-0.05, 0) is 60.7 Å². The molecule has 0 fully saturated rings. The summed E-state index contributed by atoms with van der Waals surface area (Å²) >= 11 is 0. The van der Waals surface area contributed by atoms with Crippen molar-refractivity contribution in [3.05, 3.63) is 53.9 Å². The molecule has 0 saturated carbocycles. The van der Waals surface area contributed by atoms with Crippen LogP contribution in [0.1, 0.15) is 43.9 Å². The van der Waals surface area contributed by atoms with Crippen molar-refractivity contribution in [3.8, 4) is 11.1 Å². The van der Waals surface area contributed by atoms with Crippen LogP contribution in [0.25, 0.3) is 11.1 Å². The maximum Gasteiger partial charge on any atom is 0.0317 e. The van der Waals surface area contributed by atoms with Crippen LogP contribution in [0.4, 0.5) is 0 Å². The first-order valence-corrected chi connectivity index (χ1v) is 7.50. The maximum atomic E-state index is 4.17. The van der Waals surface area contributed by atoms with Crippen molar-refractivity contribution in [2.45, 2.75) is 39.7 Å². The summed E-state index contributed by atoms with van der Waals surface area (Å²) in [4.78, 5) is 4.17. The highest BCUT2D eigenvalue weighted by Gasteiger charge is 2.09. The van der Waals surface area contributed by atoms with E-state index in [2.05, 4.69) is 61.4 Å². The molecule has 0 bridgehead atoms. The minimum absolute atomic E-state index is 0.442. The molecule has 1 atom stereocenters. The van der Waals surface area contributed by atoms with Crippen LogP contribution in [0.2, 0.25) is 0 Å². The van der Waals surface area contributed by atoms with Gasteiger partial charge in [-0.2, -0.15) is 0 Å². The van der Waals surface area contributed by atoms with Gasteiger partial charge in [0, 0.05) is 18.4 Å². The molecule has 0 amide bonds. The molecule has 0 aliphatic heterocycles. The Balaban J connectivity index is 2.30. The lowest BCUT2D eigenvalue weighted by Crippen LogP contribution is -2.21. The lowest BCUT2D eigenvalue weighted by atomic mass is 9.97. The first-order chi connectivity index (χ1) is 9.76. The van der Waals surface area contributed by atoms with Gasteiger partial charge >= 0.3 is 0 Å². The molecule has 2 heteroatoms. The number of benzene rings is 1. The van der Waals surface area contributed by atoms with E-state index in [4.69, 9.17) is 0 Å². The van der Waals surface area contributed by atoms with Gasteiger partial charge in [-0.15, -0.1) is 0 Å². The van der Waals surface area contributed by atoms with Crippen molar-refractivity contribution in [1.82, 2.24) is 10.3 Å². The fourth-order valence-electron chi connectivity index (χ4n) is 2.54. The fraction of sp³-hybridized carbons (Fsp3) is 0.389. The molecule has 1 heterocycles. The molecule has 106 valence electrons. The lowest BCUT2D eigenvalue weighted by Gasteiger charge is -2.18. The summed E-state index contributed by atoms with van der Waals surface area (Å²) in [5.74, 6) is 0. The van der Waals surface area contributed by atoms with Gasteiger partial charge in [-0.25, -0.2) is 0 Å². The minimum atomic E-state index is 0.442. The third-order valence-corrected chi connectivity index (χ3v) is 3.67. The summed E-state index contributed by atoms with van der Waals surface area (Å²) in [5, 5.41) is 3.62. The average Bonchev–Trinajstić information content (AvgIpc) is 2.49. The molecule has 1 aromatic heterocycles. The summed E-state index contributed by atoms with van der Waals surface area (Å²) in [7, 11) is 0. The molecule has 1 unspecified atom stereocenters. The third kappa shape index (κ3) is 3.45. The maximum absolute atomic E-state index is 4.17. The van der Waals surface area contributed by atoms with E-state index in [1.165, 1.54) is 28.7 Å². The highest BCUT2D eigenvalue weighted by Crippen LogP contribution is 2.26. The summed E-state index contributed by atoms with van der Waals surface area (Å²) in [5.41, 5.74) is 5.14. The molecule has 0 spiro atoms.